The molecule has 162 valence electrons. The van der Waals surface area contributed by atoms with E-state index in [0.29, 0.717) is 25.5 Å². The summed E-state index contributed by atoms with van der Waals surface area (Å²) in [5.74, 6) is -0.790. The van der Waals surface area contributed by atoms with Gasteiger partial charge in [0.1, 0.15) is 17.9 Å². The quantitative estimate of drug-likeness (QED) is 0.613. The van der Waals surface area contributed by atoms with Gasteiger partial charge in [0.25, 0.3) is 5.56 Å². The maximum atomic E-state index is 13.0. The van der Waals surface area contributed by atoms with E-state index in [1.165, 1.54) is 23.1 Å². The Labute approximate surface area is 177 Å². The van der Waals surface area contributed by atoms with E-state index in [9.17, 15) is 19.1 Å². The van der Waals surface area contributed by atoms with Crippen molar-refractivity contribution >= 4 is 5.91 Å². The summed E-state index contributed by atoms with van der Waals surface area (Å²) in [5.41, 5.74) is 0.971. The first-order chi connectivity index (χ1) is 14.9. The number of aromatic hydroxyl groups is 1. The number of nitrogens with one attached hydrogen (secondary N) is 1. The summed E-state index contributed by atoms with van der Waals surface area (Å²) < 4.78 is 19.4. The normalized spacial score (nSPS) is 16.1. The molecule has 1 atom stereocenters. The van der Waals surface area contributed by atoms with Crippen molar-refractivity contribution in [3.63, 3.8) is 0 Å². The molecule has 3 aromatic rings. The Morgan fingerprint density at radius 2 is 2.10 bits per heavy atom. The van der Waals surface area contributed by atoms with Gasteiger partial charge in [-0.25, -0.2) is 14.4 Å². The van der Waals surface area contributed by atoms with Gasteiger partial charge in [-0.15, -0.1) is 0 Å². The number of rotatable bonds is 6. The summed E-state index contributed by atoms with van der Waals surface area (Å²) >= 11 is 0. The molecule has 0 bridgehead atoms. The lowest BCUT2D eigenvalue weighted by Crippen LogP contribution is -2.42. The molecule has 0 aliphatic carbocycles. The Kier molecular flexibility index (Phi) is 5.81. The van der Waals surface area contributed by atoms with Crippen LogP contribution in [0.1, 0.15) is 35.7 Å². The SMILES string of the molecule is CC1c2nc(CC(=O)NCc3ccc(F)cc3)c(O)c(=O)n2CCN1Cc1cocn1. The van der Waals surface area contributed by atoms with Gasteiger partial charge in [0.05, 0.1) is 23.9 Å². The molecule has 0 spiro atoms. The zero-order valence-corrected chi connectivity index (χ0v) is 16.9. The van der Waals surface area contributed by atoms with Gasteiger partial charge in [0.2, 0.25) is 11.7 Å². The molecule has 3 heterocycles. The summed E-state index contributed by atoms with van der Waals surface area (Å²) in [6, 6.07) is 5.54. The van der Waals surface area contributed by atoms with Crippen molar-refractivity contribution < 1.29 is 18.7 Å². The average molecular weight is 427 g/mol. The zero-order chi connectivity index (χ0) is 22.0. The highest BCUT2D eigenvalue weighted by Crippen LogP contribution is 2.25. The Bertz CT molecular complexity index is 1130. The molecule has 1 aliphatic heterocycles. The predicted molar refractivity (Wildman–Crippen MR) is 107 cm³/mol. The number of nitrogens with zero attached hydrogens (tertiary/aromatic N) is 4. The predicted octanol–water partition coefficient (Wildman–Crippen LogP) is 1.51. The summed E-state index contributed by atoms with van der Waals surface area (Å²) in [6.07, 6.45) is 2.68. The third-order valence-electron chi connectivity index (χ3n) is 5.36. The molecule has 31 heavy (non-hydrogen) atoms. The van der Waals surface area contributed by atoms with E-state index in [0.717, 1.165) is 11.3 Å². The minimum Gasteiger partial charge on any atom is -0.502 e. The Morgan fingerprint density at radius 1 is 1.32 bits per heavy atom. The molecule has 4 rings (SSSR count). The minimum atomic E-state index is -0.556. The number of carbonyl (C=O) groups excluding carboxylic acids is 1. The van der Waals surface area contributed by atoms with Crippen molar-refractivity contribution in [3.05, 3.63) is 75.9 Å². The number of fused-ring (bicyclic) bond motifs is 1. The Morgan fingerprint density at radius 3 is 2.81 bits per heavy atom. The summed E-state index contributed by atoms with van der Waals surface area (Å²) in [5, 5.41) is 13.0. The van der Waals surface area contributed by atoms with Gasteiger partial charge in [0.15, 0.2) is 6.39 Å². The molecule has 1 unspecified atom stereocenters. The highest BCUT2D eigenvalue weighted by Gasteiger charge is 2.29. The van der Waals surface area contributed by atoms with Crippen LogP contribution in [0.5, 0.6) is 5.75 Å². The van der Waals surface area contributed by atoms with E-state index in [1.807, 2.05) is 6.92 Å². The van der Waals surface area contributed by atoms with E-state index in [4.69, 9.17) is 4.42 Å². The number of hydrogen-bond acceptors (Lipinski definition) is 7. The van der Waals surface area contributed by atoms with Crippen LogP contribution in [0.15, 0.2) is 46.1 Å². The molecule has 0 saturated heterocycles. The lowest BCUT2D eigenvalue weighted by molar-refractivity contribution is -0.120. The number of hydrogen-bond donors (Lipinski definition) is 2. The van der Waals surface area contributed by atoms with Crippen molar-refractivity contribution in [1.29, 1.82) is 0 Å². The molecular weight excluding hydrogens is 405 g/mol. The van der Waals surface area contributed by atoms with Crippen molar-refractivity contribution in [3.8, 4) is 5.75 Å². The molecule has 0 saturated carbocycles. The topological polar surface area (TPSA) is 113 Å². The van der Waals surface area contributed by atoms with Gasteiger partial charge in [-0.2, -0.15) is 0 Å². The number of benzene rings is 1. The maximum Gasteiger partial charge on any atom is 0.296 e. The van der Waals surface area contributed by atoms with Crippen LogP contribution in [0.4, 0.5) is 4.39 Å². The number of aromatic nitrogens is 3. The van der Waals surface area contributed by atoms with E-state index >= 15 is 0 Å². The van der Waals surface area contributed by atoms with Crippen molar-refractivity contribution in [1.82, 2.24) is 24.8 Å². The van der Waals surface area contributed by atoms with Crippen LogP contribution in [0, 0.1) is 5.82 Å². The molecule has 1 aromatic carbocycles. The monoisotopic (exact) mass is 427 g/mol. The van der Waals surface area contributed by atoms with Crippen LogP contribution in [0.2, 0.25) is 0 Å². The standard InChI is InChI=1S/C21H22FN5O4/c1-13-20-25-17(8-18(28)23-9-14-2-4-15(22)5-3-14)19(29)21(30)27(20)7-6-26(13)10-16-11-31-12-24-16/h2-5,11-13,29H,6-10H2,1H3,(H,23,28). The fourth-order valence-electron chi connectivity index (χ4n) is 3.61. The smallest absolute Gasteiger partial charge is 0.296 e. The van der Waals surface area contributed by atoms with Crippen LogP contribution in [-0.2, 0) is 30.8 Å². The highest BCUT2D eigenvalue weighted by atomic mass is 19.1. The van der Waals surface area contributed by atoms with Crippen LogP contribution in [-0.4, -0.2) is 37.0 Å². The second-order valence-electron chi connectivity index (χ2n) is 7.43. The molecule has 0 fully saturated rings. The molecule has 10 heteroatoms. The average Bonchev–Trinajstić information content (AvgIpc) is 3.27. The number of halogens is 1. The lowest BCUT2D eigenvalue weighted by atomic mass is 10.1. The van der Waals surface area contributed by atoms with Gasteiger partial charge >= 0.3 is 0 Å². The number of carbonyl (C=O) groups is 1. The third kappa shape index (κ3) is 4.48. The Balaban J connectivity index is 1.49. The second kappa shape index (κ2) is 8.68. The van der Waals surface area contributed by atoms with Crippen molar-refractivity contribution in [2.45, 2.75) is 39.0 Å². The van der Waals surface area contributed by atoms with E-state index in [-0.39, 0.29) is 30.5 Å². The minimum absolute atomic E-state index is 0.0305. The first-order valence-electron chi connectivity index (χ1n) is 9.87. The van der Waals surface area contributed by atoms with Crippen molar-refractivity contribution in [2.24, 2.45) is 0 Å². The van der Waals surface area contributed by atoms with Gasteiger partial charge < -0.3 is 14.8 Å². The Hall–Kier alpha value is -3.53. The second-order valence-corrected chi connectivity index (χ2v) is 7.43. The van der Waals surface area contributed by atoms with E-state index < -0.39 is 17.2 Å². The molecule has 9 nitrogen and oxygen atoms in total. The first-order valence-corrected chi connectivity index (χ1v) is 9.87. The summed E-state index contributed by atoms with van der Waals surface area (Å²) in [4.78, 5) is 35.7. The van der Waals surface area contributed by atoms with Crippen molar-refractivity contribution in [2.75, 3.05) is 6.54 Å². The summed E-state index contributed by atoms with van der Waals surface area (Å²) in [7, 11) is 0. The van der Waals surface area contributed by atoms with E-state index in [2.05, 4.69) is 20.2 Å². The third-order valence-corrected chi connectivity index (χ3v) is 5.36. The largest absolute Gasteiger partial charge is 0.502 e. The van der Waals surface area contributed by atoms with Crippen LogP contribution < -0.4 is 10.9 Å². The van der Waals surface area contributed by atoms with Crippen LogP contribution in [0.3, 0.4) is 0 Å². The molecule has 0 radical (unpaired) electrons. The fraction of sp³-hybridized carbons (Fsp3) is 0.333. The van der Waals surface area contributed by atoms with E-state index in [1.54, 1.807) is 18.4 Å². The molecule has 2 N–H and O–H groups in total. The number of amides is 1. The van der Waals surface area contributed by atoms with Crippen LogP contribution in [0.25, 0.3) is 0 Å². The van der Waals surface area contributed by atoms with Gasteiger partial charge in [-0.05, 0) is 24.6 Å². The molecule has 2 aromatic heterocycles. The zero-order valence-electron chi connectivity index (χ0n) is 16.9. The first kappa shape index (κ1) is 20.7. The van der Waals surface area contributed by atoms with Gasteiger partial charge in [-0.3, -0.25) is 19.1 Å². The molecule has 1 amide bonds. The van der Waals surface area contributed by atoms with Crippen LogP contribution >= 0.6 is 0 Å². The number of oxazole rings is 1. The maximum absolute atomic E-state index is 13.0. The highest BCUT2D eigenvalue weighted by molar-refractivity contribution is 5.78. The molecule has 1 aliphatic rings. The summed E-state index contributed by atoms with van der Waals surface area (Å²) in [6.45, 7) is 3.59. The molecular formula is C21H22FN5O4. The van der Waals surface area contributed by atoms with Gasteiger partial charge in [0, 0.05) is 26.2 Å². The fourth-order valence-corrected chi connectivity index (χ4v) is 3.61. The van der Waals surface area contributed by atoms with Gasteiger partial charge in [-0.1, -0.05) is 12.1 Å². The lowest BCUT2D eigenvalue weighted by Gasteiger charge is -2.34.